The Morgan fingerprint density at radius 3 is 1.34 bits per heavy atom. The number of anilines is 3. The van der Waals surface area contributed by atoms with Gasteiger partial charge in [0.15, 0.2) is 0 Å². The summed E-state index contributed by atoms with van der Waals surface area (Å²) >= 11 is 0. The van der Waals surface area contributed by atoms with Gasteiger partial charge in [-0.15, -0.1) is 0 Å². The third-order valence-corrected chi connectivity index (χ3v) is 22.5. The average molecular weight is 1330 g/mol. The SMILES string of the molecule is CS(=O)(=O)OC1CCN(Cc2ccccc2)C1.O=S(=O)(c1ccccc1)c1ccc2c(c1)OCCN2.O=S(=O)(c1ccccc1)c1ccc2c(c1)OCCN2C1CCN(Cc2ccccc2)C1.O=S(=O)(c1ccccc1)c1ccc2c(c1)OCCN2C1CCNC1.[H-].[Na+]. The normalized spacial score (nSPS) is 18.7. The third-order valence-electron chi connectivity index (χ3n) is 16.6. The van der Waals surface area contributed by atoms with Crippen LogP contribution in [0.1, 0.15) is 31.8 Å². The maximum Gasteiger partial charge on any atom is 1.00 e. The number of likely N-dealkylation sites (tertiary alicyclic amines) is 2. The first kappa shape index (κ1) is 68.1. The van der Waals surface area contributed by atoms with E-state index in [1.807, 2.05) is 48.5 Å². The van der Waals surface area contributed by atoms with Crippen molar-refractivity contribution in [3.8, 4) is 17.2 Å². The molecular weight excluding hydrogens is 1260 g/mol. The summed E-state index contributed by atoms with van der Waals surface area (Å²) < 4.78 is 121. The standard InChI is InChI=1S/C25H26N2O3S.C18H20N2O3S.C14H13NO3S.C12H17NO3S.Na.H/c28-31(29,22-9-5-2-6-10-22)23-11-12-24-25(17-23)30-16-15-27(24)21-13-14-26(19-21)18-20-7-3-1-4-8-20;21-24(22,15-4-2-1-3-5-15)16-6-7-17-18(12-16)23-11-10-20(17)14-8-9-19-13-14;16-19(17,11-4-2-1-3-5-11)12-6-7-13-14(10-12)18-9-8-15-13;1-17(14,15)16-12-7-8-13(10-12)9-11-5-3-2-4-6-11;;/h1-12,17,21H,13-16,18-19H2;1-7,12,14,19H,8-11,13H2;1-7,10,15H,8-9H2;2-6,12H,7-10H2,1H3;;/q;;;;+1;-1. The molecule has 18 nitrogen and oxygen atoms in total. The first-order valence-electron chi connectivity index (χ1n) is 30.6. The Morgan fingerprint density at radius 1 is 0.446 bits per heavy atom. The van der Waals surface area contributed by atoms with Crippen LogP contribution in [0.5, 0.6) is 17.2 Å². The molecule has 6 heterocycles. The number of benzene rings is 8. The van der Waals surface area contributed by atoms with E-state index in [9.17, 15) is 33.7 Å². The van der Waals surface area contributed by atoms with E-state index in [0.717, 1.165) is 108 Å². The monoisotopic (exact) mass is 1330 g/mol. The molecule has 6 aliphatic rings. The van der Waals surface area contributed by atoms with Crippen LogP contribution < -0.4 is 64.2 Å². The van der Waals surface area contributed by atoms with Crippen molar-refractivity contribution in [1.29, 1.82) is 0 Å². The molecule has 2 N–H and O–H groups in total. The number of rotatable bonds is 14. The van der Waals surface area contributed by atoms with Gasteiger partial charge in [0.2, 0.25) is 29.5 Å². The predicted molar refractivity (Wildman–Crippen MR) is 353 cm³/mol. The van der Waals surface area contributed by atoms with Gasteiger partial charge in [0, 0.05) is 82.6 Å². The molecule has 480 valence electrons. The van der Waals surface area contributed by atoms with Gasteiger partial charge in [-0.2, -0.15) is 8.42 Å². The maximum absolute atomic E-state index is 13.0. The minimum absolute atomic E-state index is 0. The molecule has 0 bridgehead atoms. The number of nitrogens with zero attached hydrogens (tertiary/aromatic N) is 4. The molecule has 3 atom stereocenters. The van der Waals surface area contributed by atoms with Crippen molar-refractivity contribution < 1.29 is 83.0 Å². The Kier molecular flexibility index (Phi) is 22.9. The van der Waals surface area contributed by atoms with Crippen LogP contribution >= 0.6 is 0 Å². The van der Waals surface area contributed by atoms with Gasteiger partial charge < -0.3 is 36.1 Å². The Bertz CT molecular complexity index is 4210. The predicted octanol–water partition coefficient (Wildman–Crippen LogP) is 6.75. The van der Waals surface area contributed by atoms with Crippen LogP contribution in [0, 0.1) is 0 Å². The van der Waals surface area contributed by atoms with E-state index >= 15 is 0 Å². The van der Waals surface area contributed by atoms with Crippen LogP contribution in [0.4, 0.5) is 17.1 Å². The van der Waals surface area contributed by atoms with Crippen LogP contribution in [-0.4, -0.2) is 147 Å². The largest absolute Gasteiger partial charge is 1.00 e. The smallest absolute Gasteiger partial charge is 1.00 e. The molecule has 0 spiro atoms. The summed E-state index contributed by atoms with van der Waals surface area (Å²) in [7, 11) is -13.9. The quantitative estimate of drug-likeness (QED) is 0.0852. The number of ether oxygens (including phenoxy) is 3. The minimum Gasteiger partial charge on any atom is -1.00 e. The Morgan fingerprint density at radius 2 is 0.870 bits per heavy atom. The molecule has 3 fully saturated rings. The zero-order valence-electron chi connectivity index (χ0n) is 52.7. The van der Waals surface area contributed by atoms with Crippen LogP contribution in [-0.2, 0) is 56.9 Å². The van der Waals surface area contributed by atoms with Gasteiger partial charge in [0.1, 0.15) is 37.1 Å². The van der Waals surface area contributed by atoms with Gasteiger partial charge in [-0.05, 0) is 110 Å². The van der Waals surface area contributed by atoms with Gasteiger partial charge >= 0.3 is 29.6 Å². The molecule has 23 heteroatoms. The molecule has 3 saturated heterocycles. The average Bonchev–Trinajstić information content (AvgIpc) is 1.50. The van der Waals surface area contributed by atoms with Crippen molar-refractivity contribution in [3.05, 3.63) is 217 Å². The second kappa shape index (κ2) is 31.0. The second-order valence-corrected chi connectivity index (χ2v) is 30.4. The van der Waals surface area contributed by atoms with Crippen molar-refractivity contribution in [2.24, 2.45) is 0 Å². The number of sulfone groups is 3. The van der Waals surface area contributed by atoms with E-state index in [1.165, 1.54) is 11.1 Å². The summed E-state index contributed by atoms with van der Waals surface area (Å²) in [4.78, 5) is 11.1. The van der Waals surface area contributed by atoms with E-state index in [4.69, 9.17) is 18.4 Å². The first-order valence-corrected chi connectivity index (χ1v) is 36.8. The van der Waals surface area contributed by atoms with Crippen LogP contribution in [0.25, 0.3) is 0 Å². The summed E-state index contributed by atoms with van der Waals surface area (Å²) in [6.07, 6.45) is 3.89. The van der Waals surface area contributed by atoms with Crippen molar-refractivity contribution in [2.75, 3.05) is 100 Å². The zero-order valence-corrected chi connectivity index (χ0v) is 57.0. The first-order chi connectivity index (χ1) is 44.0. The second-order valence-electron chi connectivity index (χ2n) is 23.0. The fourth-order valence-corrected chi connectivity index (χ4v) is 16.6. The Balaban J connectivity index is 0.000000149. The summed E-state index contributed by atoms with van der Waals surface area (Å²) in [6.45, 7) is 11.5. The van der Waals surface area contributed by atoms with E-state index in [2.05, 4.69) is 66.6 Å². The van der Waals surface area contributed by atoms with Gasteiger partial charge in [-0.25, -0.2) is 25.3 Å². The number of hydrogen-bond donors (Lipinski definition) is 2. The molecule has 0 aromatic heterocycles. The number of hydrogen-bond acceptors (Lipinski definition) is 18. The molecule has 92 heavy (non-hydrogen) atoms. The van der Waals surface area contributed by atoms with E-state index < -0.39 is 39.6 Å². The molecule has 0 saturated carbocycles. The van der Waals surface area contributed by atoms with Crippen molar-refractivity contribution in [3.63, 3.8) is 0 Å². The molecule has 8 aromatic carbocycles. The van der Waals surface area contributed by atoms with Gasteiger partial charge in [-0.1, -0.05) is 115 Å². The molecule has 0 aliphatic carbocycles. The van der Waals surface area contributed by atoms with Gasteiger partial charge in [-0.3, -0.25) is 14.0 Å². The fourth-order valence-electron chi connectivity index (χ4n) is 12.1. The molecule has 14 rings (SSSR count). The summed E-state index contributed by atoms with van der Waals surface area (Å²) in [6, 6.07) is 62.5. The number of fused-ring (bicyclic) bond motifs is 3. The Labute approximate surface area is 565 Å². The van der Waals surface area contributed by atoms with Crippen LogP contribution in [0.2, 0.25) is 0 Å². The fraction of sp³-hybridized carbons (Fsp3) is 0.304. The summed E-state index contributed by atoms with van der Waals surface area (Å²) in [5, 5.41) is 6.54. The zero-order chi connectivity index (χ0) is 63.4. The number of nitrogens with one attached hydrogen (secondary N) is 2. The van der Waals surface area contributed by atoms with Crippen LogP contribution in [0.3, 0.4) is 0 Å². The van der Waals surface area contributed by atoms with Crippen molar-refractivity contribution in [1.82, 2.24) is 15.1 Å². The van der Waals surface area contributed by atoms with Crippen LogP contribution in [0.15, 0.2) is 236 Å². The molecule has 0 radical (unpaired) electrons. The van der Waals surface area contributed by atoms with E-state index in [0.29, 0.717) is 70.4 Å². The minimum atomic E-state index is -3.56. The summed E-state index contributed by atoms with van der Waals surface area (Å²) in [5.74, 6) is 1.90. The van der Waals surface area contributed by atoms with Gasteiger partial charge in [0.05, 0.1) is 71.9 Å². The van der Waals surface area contributed by atoms with Crippen molar-refractivity contribution in [2.45, 2.75) is 79.9 Å². The molecule has 0 amide bonds. The van der Waals surface area contributed by atoms with E-state index in [1.54, 1.807) is 121 Å². The third kappa shape index (κ3) is 17.1. The molecular formula is C69H77N6NaO12S4. The Hall–Kier alpha value is -6.80. The molecule has 8 aromatic rings. The molecule has 6 aliphatic heterocycles. The van der Waals surface area contributed by atoms with Crippen molar-refractivity contribution >= 4 is 56.7 Å². The summed E-state index contributed by atoms with van der Waals surface area (Å²) in [5.41, 5.74) is 5.39. The molecule has 3 unspecified atom stereocenters. The maximum atomic E-state index is 13.0. The van der Waals surface area contributed by atoms with E-state index in [-0.39, 0.29) is 51.8 Å². The van der Waals surface area contributed by atoms with Gasteiger partial charge in [0.25, 0.3) is 10.1 Å². The topological polar surface area (TPSA) is 210 Å².